The maximum atomic E-state index is 13.2. The van der Waals surface area contributed by atoms with Gasteiger partial charge in [-0.2, -0.15) is 0 Å². The standard InChI is InChI=1S/C24H35NO3S/c1-16(2)13-19(29-15-17-8-10-18(11-9-17)23(3,4)5)22(27)25-24-12-6-7-21(24)28-14-20(24)26/h8-11,16,19,21H,6-7,12-15H2,1-5H3,(H,25,27). The maximum Gasteiger partial charge on any atom is 0.234 e. The van der Waals surface area contributed by atoms with Crippen molar-refractivity contribution >= 4 is 23.5 Å². The number of hydrogen-bond acceptors (Lipinski definition) is 4. The molecule has 0 bridgehead atoms. The van der Waals surface area contributed by atoms with Crippen LogP contribution < -0.4 is 5.32 Å². The largest absolute Gasteiger partial charge is 0.367 e. The normalized spacial score (nSPS) is 25.3. The highest BCUT2D eigenvalue weighted by Gasteiger charge is 2.55. The summed E-state index contributed by atoms with van der Waals surface area (Å²) in [6.07, 6.45) is 3.14. The first kappa shape index (κ1) is 22.4. The number of amides is 1. The number of carbonyl (C=O) groups excluding carboxylic acids is 2. The molecular weight excluding hydrogens is 382 g/mol. The minimum atomic E-state index is -0.777. The number of ether oxygens (including phenoxy) is 1. The average Bonchev–Trinajstić information content (AvgIpc) is 3.18. The number of Topliss-reactive ketones (excluding diaryl/α,β-unsaturated/α-hetero) is 1. The Morgan fingerprint density at radius 1 is 1.28 bits per heavy atom. The zero-order valence-electron chi connectivity index (χ0n) is 18.4. The van der Waals surface area contributed by atoms with Crippen LogP contribution in [0.3, 0.4) is 0 Å². The van der Waals surface area contributed by atoms with Gasteiger partial charge in [0.15, 0.2) is 5.78 Å². The number of carbonyl (C=O) groups is 2. The van der Waals surface area contributed by atoms with Crippen LogP contribution in [0.5, 0.6) is 0 Å². The van der Waals surface area contributed by atoms with Crippen molar-refractivity contribution in [1.29, 1.82) is 0 Å². The van der Waals surface area contributed by atoms with E-state index in [0.29, 0.717) is 12.3 Å². The van der Waals surface area contributed by atoms with E-state index in [1.165, 1.54) is 11.1 Å². The molecule has 1 heterocycles. The topological polar surface area (TPSA) is 55.4 Å². The highest BCUT2D eigenvalue weighted by Crippen LogP contribution is 2.38. The van der Waals surface area contributed by atoms with E-state index < -0.39 is 5.54 Å². The lowest BCUT2D eigenvalue weighted by Crippen LogP contribution is -2.57. The van der Waals surface area contributed by atoms with Crippen molar-refractivity contribution in [3.8, 4) is 0 Å². The van der Waals surface area contributed by atoms with Crippen molar-refractivity contribution in [2.75, 3.05) is 6.61 Å². The van der Waals surface area contributed by atoms with Gasteiger partial charge in [0, 0.05) is 5.75 Å². The number of ketones is 1. The summed E-state index contributed by atoms with van der Waals surface area (Å²) in [5, 5.41) is 2.98. The molecule has 3 rings (SSSR count). The molecule has 1 aromatic carbocycles. The van der Waals surface area contributed by atoms with Gasteiger partial charge in [0.1, 0.15) is 12.1 Å². The molecule has 160 valence electrons. The molecule has 4 nitrogen and oxygen atoms in total. The third-order valence-corrected chi connectivity index (χ3v) is 7.40. The predicted molar refractivity (Wildman–Crippen MR) is 119 cm³/mol. The van der Waals surface area contributed by atoms with Crippen LogP contribution in [0.1, 0.15) is 71.4 Å². The first-order chi connectivity index (χ1) is 13.6. The summed E-state index contributed by atoms with van der Waals surface area (Å²) < 4.78 is 5.65. The molecule has 5 heteroatoms. The van der Waals surface area contributed by atoms with Crippen LogP contribution in [0.15, 0.2) is 24.3 Å². The SMILES string of the molecule is CC(C)CC(SCc1ccc(C(C)(C)C)cc1)C(=O)NC12CCCC1OCC2=O. The van der Waals surface area contributed by atoms with Gasteiger partial charge in [0.05, 0.1) is 11.4 Å². The highest BCUT2D eigenvalue weighted by atomic mass is 32.2. The summed E-state index contributed by atoms with van der Waals surface area (Å²) in [6.45, 7) is 11.0. The molecule has 2 fully saturated rings. The summed E-state index contributed by atoms with van der Waals surface area (Å²) in [7, 11) is 0. The van der Waals surface area contributed by atoms with E-state index in [2.05, 4.69) is 64.2 Å². The van der Waals surface area contributed by atoms with E-state index in [0.717, 1.165) is 25.0 Å². The van der Waals surface area contributed by atoms with Crippen molar-refractivity contribution in [2.45, 2.75) is 88.4 Å². The number of rotatable bonds is 7. The van der Waals surface area contributed by atoms with Gasteiger partial charge in [-0.05, 0) is 48.1 Å². The number of hydrogen-bond donors (Lipinski definition) is 1. The Kier molecular flexibility index (Phi) is 6.79. The Labute approximate surface area is 179 Å². The second kappa shape index (κ2) is 8.81. The zero-order valence-corrected chi connectivity index (χ0v) is 19.2. The van der Waals surface area contributed by atoms with E-state index >= 15 is 0 Å². The molecule has 0 radical (unpaired) electrons. The van der Waals surface area contributed by atoms with Crippen LogP contribution in [0.2, 0.25) is 0 Å². The van der Waals surface area contributed by atoms with Gasteiger partial charge >= 0.3 is 0 Å². The number of thioether (sulfide) groups is 1. The number of benzene rings is 1. The van der Waals surface area contributed by atoms with Gasteiger partial charge in [-0.25, -0.2) is 0 Å². The van der Waals surface area contributed by atoms with Gasteiger partial charge in [-0.1, -0.05) is 58.9 Å². The molecule has 1 N–H and O–H groups in total. The lowest BCUT2D eigenvalue weighted by atomic mass is 9.87. The lowest BCUT2D eigenvalue weighted by molar-refractivity contribution is -0.129. The van der Waals surface area contributed by atoms with Gasteiger partial charge < -0.3 is 10.1 Å². The van der Waals surface area contributed by atoms with Crippen molar-refractivity contribution in [3.05, 3.63) is 35.4 Å². The Hall–Kier alpha value is -1.33. The smallest absolute Gasteiger partial charge is 0.234 e. The molecule has 0 spiro atoms. The van der Waals surface area contributed by atoms with Crippen molar-refractivity contribution in [2.24, 2.45) is 5.92 Å². The third-order valence-electron chi connectivity index (χ3n) is 6.10. The molecule has 1 aromatic rings. The first-order valence-electron chi connectivity index (χ1n) is 10.8. The van der Waals surface area contributed by atoms with Gasteiger partial charge in [-0.15, -0.1) is 11.8 Å². The number of nitrogens with one attached hydrogen (secondary N) is 1. The summed E-state index contributed by atoms with van der Waals surface area (Å²) >= 11 is 1.68. The van der Waals surface area contributed by atoms with Gasteiger partial charge in [-0.3, -0.25) is 9.59 Å². The van der Waals surface area contributed by atoms with Crippen LogP contribution >= 0.6 is 11.8 Å². The fraction of sp³-hybridized carbons (Fsp3) is 0.667. The summed E-state index contributed by atoms with van der Waals surface area (Å²) in [6, 6.07) is 8.70. The van der Waals surface area contributed by atoms with Crippen LogP contribution in [0.4, 0.5) is 0 Å². The summed E-state index contributed by atoms with van der Waals surface area (Å²) in [5.41, 5.74) is 1.90. The van der Waals surface area contributed by atoms with Crippen LogP contribution in [0, 0.1) is 5.92 Å². The molecule has 29 heavy (non-hydrogen) atoms. The Morgan fingerprint density at radius 3 is 2.59 bits per heavy atom. The fourth-order valence-corrected chi connectivity index (χ4v) is 5.63. The second-order valence-corrected chi connectivity index (χ2v) is 11.1. The Balaban J connectivity index is 1.66. The van der Waals surface area contributed by atoms with E-state index in [4.69, 9.17) is 4.74 Å². The highest BCUT2D eigenvalue weighted by molar-refractivity contribution is 7.99. The second-order valence-electron chi connectivity index (χ2n) is 9.95. The molecule has 3 unspecified atom stereocenters. The lowest BCUT2D eigenvalue weighted by Gasteiger charge is -2.30. The minimum absolute atomic E-state index is 0.0132. The molecule has 2 aliphatic rings. The predicted octanol–water partition coefficient (Wildman–Crippen LogP) is 4.64. The van der Waals surface area contributed by atoms with Crippen LogP contribution in [-0.2, 0) is 25.5 Å². The number of fused-ring (bicyclic) bond motifs is 1. The molecule has 0 aromatic heterocycles. The third kappa shape index (κ3) is 5.05. The van der Waals surface area contributed by atoms with Crippen molar-refractivity contribution < 1.29 is 14.3 Å². The van der Waals surface area contributed by atoms with E-state index in [9.17, 15) is 9.59 Å². The molecule has 1 aliphatic carbocycles. The molecule has 3 atom stereocenters. The van der Waals surface area contributed by atoms with Gasteiger partial charge in [0.25, 0.3) is 0 Å². The molecular formula is C24H35NO3S. The maximum absolute atomic E-state index is 13.2. The monoisotopic (exact) mass is 417 g/mol. The van der Waals surface area contributed by atoms with Crippen LogP contribution in [-0.4, -0.2) is 35.2 Å². The van der Waals surface area contributed by atoms with E-state index in [-0.39, 0.29) is 35.1 Å². The Morgan fingerprint density at radius 2 is 1.97 bits per heavy atom. The summed E-state index contributed by atoms with van der Waals surface area (Å²) in [4.78, 5) is 25.7. The quantitative estimate of drug-likeness (QED) is 0.702. The minimum Gasteiger partial charge on any atom is -0.367 e. The summed E-state index contributed by atoms with van der Waals surface area (Å²) in [5.74, 6) is 1.23. The van der Waals surface area contributed by atoms with E-state index in [1.54, 1.807) is 11.8 Å². The molecule has 1 amide bonds. The first-order valence-corrected chi connectivity index (χ1v) is 11.8. The van der Waals surface area contributed by atoms with Crippen molar-refractivity contribution in [3.63, 3.8) is 0 Å². The Bertz CT molecular complexity index is 737. The molecule has 1 aliphatic heterocycles. The molecule has 1 saturated carbocycles. The van der Waals surface area contributed by atoms with Crippen molar-refractivity contribution in [1.82, 2.24) is 5.32 Å². The fourth-order valence-electron chi connectivity index (χ4n) is 4.31. The van der Waals surface area contributed by atoms with E-state index in [1.807, 2.05) is 0 Å². The van der Waals surface area contributed by atoms with Crippen LogP contribution in [0.25, 0.3) is 0 Å². The zero-order chi connectivity index (χ0) is 21.2. The van der Waals surface area contributed by atoms with Gasteiger partial charge in [0.2, 0.25) is 5.91 Å². The average molecular weight is 418 g/mol. The molecule has 1 saturated heterocycles.